The summed E-state index contributed by atoms with van der Waals surface area (Å²) < 4.78 is 5.23. The summed E-state index contributed by atoms with van der Waals surface area (Å²) in [7, 11) is 1.60. The lowest BCUT2D eigenvalue weighted by Gasteiger charge is -2.29. The zero-order valence-electron chi connectivity index (χ0n) is 16.0. The molecule has 1 unspecified atom stereocenters. The normalized spacial score (nSPS) is 18.7. The third-order valence-corrected chi connectivity index (χ3v) is 5.10. The number of nitrogens with one attached hydrogen (secondary N) is 1. The minimum absolute atomic E-state index is 0.202. The fourth-order valence-electron chi connectivity index (χ4n) is 3.34. The second kappa shape index (κ2) is 7.01. The number of hydrogen-bond acceptors (Lipinski definition) is 4. The van der Waals surface area contributed by atoms with Gasteiger partial charge in [0.05, 0.1) is 13.7 Å². The first-order valence-corrected chi connectivity index (χ1v) is 9.05. The molecular formula is C21H22N4O3. The first-order valence-electron chi connectivity index (χ1n) is 9.05. The standard InChI is InChI=1S/C21H22N4O3/c1-14-7-8-17(11-15(14)2)23-9-10-24-19(20(23)26)22-25(21(24)27)13-16-5-4-6-18(12-16)28-3/h4-12,19,22H,13H2,1-3H3. The Morgan fingerprint density at radius 1 is 1.04 bits per heavy atom. The van der Waals surface area contributed by atoms with Gasteiger partial charge in [-0.15, -0.1) is 0 Å². The van der Waals surface area contributed by atoms with E-state index in [2.05, 4.69) is 5.43 Å². The minimum atomic E-state index is -0.760. The molecule has 3 amide bonds. The van der Waals surface area contributed by atoms with E-state index < -0.39 is 6.17 Å². The molecule has 28 heavy (non-hydrogen) atoms. The van der Waals surface area contributed by atoms with Gasteiger partial charge in [-0.25, -0.2) is 4.79 Å². The fraction of sp³-hybridized carbons (Fsp3) is 0.238. The molecule has 1 saturated heterocycles. The lowest BCUT2D eigenvalue weighted by molar-refractivity contribution is -0.122. The molecule has 0 aromatic heterocycles. The maximum absolute atomic E-state index is 13.0. The average molecular weight is 378 g/mol. The highest BCUT2D eigenvalue weighted by molar-refractivity contribution is 6.03. The summed E-state index contributed by atoms with van der Waals surface area (Å²) in [6, 6.07) is 13.1. The number of fused-ring (bicyclic) bond motifs is 1. The Labute approximate surface area is 163 Å². The van der Waals surface area contributed by atoms with E-state index in [1.165, 1.54) is 9.91 Å². The van der Waals surface area contributed by atoms with E-state index in [1.807, 2.05) is 56.3 Å². The molecule has 1 N–H and O–H groups in total. The highest BCUT2D eigenvalue weighted by atomic mass is 16.5. The molecule has 2 aliphatic rings. The van der Waals surface area contributed by atoms with Crippen molar-refractivity contribution in [3.8, 4) is 5.75 Å². The summed E-state index contributed by atoms with van der Waals surface area (Å²) in [6.07, 6.45) is 2.52. The van der Waals surface area contributed by atoms with E-state index in [1.54, 1.807) is 24.4 Å². The quantitative estimate of drug-likeness (QED) is 0.889. The van der Waals surface area contributed by atoms with E-state index in [0.717, 1.165) is 28.1 Å². The molecule has 7 heteroatoms. The Balaban J connectivity index is 1.54. The summed E-state index contributed by atoms with van der Waals surface area (Å²) >= 11 is 0. The molecule has 7 nitrogen and oxygen atoms in total. The minimum Gasteiger partial charge on any atom is -0.497 e. The van der Waals surface area contributed by atoms with Gasteiger partial charge in [-0.1, -0.05) is 18.2 Å². The van der Waals surface area contributed by atoms with Gasteiger partial charge in [-0.05, 0) is 54.8 Å². The number of carbonyl (C=O) groups is 2. The van der Waals surface area contributed by atoms with Crippen LogP contribution in [0.1, 0.15) is 16.7 Å². The maximum Gasteiger partial charge on any atom is 0.340 e. The van der Waals surface area contributed by atoms with Gasteiger partial charge in [0, 0.05) is 18.1 Å². The van der Waals surface area contributed by atoms with Gasteiger partial charge in [-0.3, -0.25) is 19.6 Å². The Morgan fingerprint density at radius 3 is 2.61 bits per heavy atom. The molecule has 0 saturated carbocycles. The predicted octanol–water partition coefficient (Wildman–Crippen LogP) is 2.90. The molecule has 2 aromatic carbocycles. The Morgan fingerprint density at radius 2 is 1.86 bits per heavy atom. The summed E-state index contributed by atoms with van der Waals surface area (Å²) in [6.45, 7) is 4.37. The fourth-order valence-corrected chi connectivity index (χ4v) is 3.34. The lowest BCUT2D eigenvalue weighted by atomic mass is 10.1. The predicted molar refractivity (Wildman–Crippen MR) is 105 cm³/mol. The van der Waals surface area contributed by atoms with Crippen LogP contribution in [-0.2, 0) is 11.3 Å². The molecule has 4 rings (SSSR count). The van der Waals surface area contributed by atoms with Crippen LogP contribution < -0.4 is 15.1 Å². The number of carbonyl (C=O) groups excluding carboxylic acids is 2. The van der Waals surface area contributed by atoms with Crippen molar-refractivity contribution in [1.82, 2.24) is 15.3 Å². The zero-order chi connectivity index (χ0) is 19.8. The van der Waals surface area contributed by atoms with Crippen LogP contribution in [0.15, 0.2) is 54.9 Å². The number of urea groups is 1. The van der Waals surface area contributed by atoms with Crippen molar-refractivity contribution >= 4 is 17.6 Å². The van der Waals surface area contributed by atoms with Gasteiger partial charge in [0.15, 0.2) is 6.17 Å². The van der Waals surface area contributed by atoms with Gasteiger partial charge < -0.3 is 4.74 Å². The van der Waals surface area contributed by atoms with Crippen molar-refractivity contribution in [2.75, 3.05) is 12.0 Å². The molecule has 144 valence electrons. The van der Waals surface area contributed by atoms with Crippen LogP contribution in [0.4, 0.5) is 10.5 Å². The number of hydrazine groups is 1. The largest absolute Gasteiger partial charge is 0.497 e. The zero-order valence-corrected chi connectivity index (χ0v) is 16.0. The van der Waals surface area contributed by atoms with Crippen molar-refractivity contribution in [3.63, 3.8) is 0 Å². The summed E-state index contributed by atoms with van der Waals surface area (Å²) in [5.41, 5.74) is 6.99. The number of amides is 3. The molecule has 2 aromatic rings. The Kier molecular flexibility index (Phi) is 4.52. The highest BCUT2D eigenvalue weighted by Crippen LogP contribution is 2.26. The number of nitrogens with zero attached hydrogens (tertiary/aromatic N) is 3. The summed E-state index contributed by atoms with van der Waals surface area (Å²) in [4.78, 5) is 28.7. The second-order valence-corrected chi connectivity index (χ2v) is 6.93. The van der Waals surface area contributed by atoms with Gasteiger partial charge in [-0.2, -0.15) is 5.43 Å². The SMILES string of the molecule is COc1cccc(CN2NC3C(=O)N(c4ccc(C)c(C)c4)C=CN3C2=O)c1. The number of ether oxygens (including phenoxy) is 1. The van der Waals surface area contributed by atoms with E-state index in [-0.39, 0.29) is 11.9 Å². The molecule has 1 atom stereocenters. The van der Waals surface area contributed by atoms with Crippen LogP contribution in [0.5, 0.6) is 5.75 Å². The number of rotatable bonds is 4. The van der Waals surface area contributed by atoms with Crippen LogP contribution >= 0.6 is 0 Å². The monoisotopic (exact) mass is 378 g/mol. The van der Waals surface area contributed by atoms with Gasteiger partial charge >= 0.3 is 6.03 Å². The van der Waals surface area contributed by atoms with Crippen molar-refractivity contribution < 1.29 is 14.3 Å². The van der Waals surface area contributed by atoms with Gasteiger partial charge in [0.1, 0.15) is 5.75 Å². The van der Waals surface area contributed by atoms with Crippen LogP contribution in [0, 0.1) is 13.8 Å². The van der Waals surface area contributed by atoms with Crippen LogP contribution in [-0.4, -0.2) is 35.1 Å². The Hall–Kier alpha value is -3.32. The molecule has 2 heterocycles. The van der Waals surface area contributed by atoms with Crippen LogP contribution in [0.25, 0.3) is 0 Å². The second-order valence-electron chi connectivity index (χ2n) is 6.93. The van der Waals surface area contributed by atoms with E-state index in [9.17, 15) is 9.59 Å². The van der Waals surface area contributed by atoms with E-state index >= 15 is 0 Å². The van der Waals surface area contributed by atoms with Crippen molar-refractivity contribution in [1.29, 1.82) is 0 Å². The average Bonchev–Trinajstić information content (AvgIpc) is 3.01. The van der Waals surface area contributed by atoms with E-state index in [0.29, 0.717) is 6.54 Å². The summed E-state index contributed by atoms with van der Waals surface area (Å²) in [5.74, 6) is 0.519. The number of aryl methyl sites for hydroxylation is 2. The van der Waals surface area contributed by atoms with Crippen molar-refractivity contribution in [2.24, 2.45) is 0 Å². The number of anilines is 1. The number of methoxy groups -OCH3 is 1. The molecular weight excluding hydrogens is 356 g/mol. The molecule has 0 bridgehead atoms. The van der Waals surface area contributed by atoms with Crippen molar-refractivity contribution in [2.45, 2.75) is 26.6 Å². The van der Waals surface area contributed by atoms with Gasteiger partial charge in [0.2, 0.25) is 0 Å². The third-order valence-electron chi connectivity index (χ3n) is 5.10. The molecule has 0 aliphatic carbocycles. The Bertz CT molecular complexity index is 972. The third kappa shape index (κ3) is 3.10. The topological polar surface area (TPSA) is 65.1 Å². The lowest BCUT2D eigenvalue weighted by Crippen LogP contribution is -2.51. The number of hydrogen-bond donors (Lipinski definition) is 1. The van der Waals surface area contributed by atoms with Gasteiger partial charge in [0.25, 0.3) is 5.91 Å². The van der Waals surface area contributed by atoms with Crippen LogP contribution in [0.3, 0.4) is 0 Å². The molecule has 0 radical (unpaired) electrons. The first-order chi connectivity index (χ1) is 13.5. The number of benzene rings is 2. The first kappa shape index (κ1) is 18.1. The molecule has 1 fully saturated rings. The molecule has 2 aliphatic heterocycles. The van der Waals surface area contributed by atoms with Crippen LogP contribution in [0.2, 0.25) is 0 Å². The summed E-state index contributed by atoms with van der Waals surface area (Å²) in [5, 5.41) is 1.45. The highest BCUT2D eigenvalue weighted by Gasteiger charge is 2.44. The smallest absolute Gasteiger partial charge is 0.340 e. The van der Waals surface area contributed by atoms with E-state index in [4.69, 9.17) is 4.74 Å². The molecule has 0 spiro atoms. The van der Waals surface area contributed by atoms with Crippen molar-refractivity contribution in [3.05, 3.63) is 71.6 Å². The maximum atomic E-state index is 13.0.